The Balaban J connectivity index is 0.00000300. The van der Waals surface area contributed by atoms with Crippen LogP contribution < -0.4 is 27.2 Å². The number of aliphatic hydroxyl groups excluding tert-OH is 1. The third-order valence-corrected chi connectivity index (χ3v) is 4.68. The molecule has 2 N–H and O–H groups in total. The minimum absolute atomic E-state index is 0. The van der Waals surface area contributed by atoms with Gasteiger partial charge in [0.2, 0.25) is 0 Å². The number of hydrogen-bond acceptors (Lipinski definition) is 5. The summed E-state index contributed by atoms with van der Waals surface area (Å²) in [5, 5.41) is 13.0. The molecule has 5 nitrogen and oxygen atoms in total. The molecule has 0 aliphatic rings. The zero-order valence-corrected chi connectivity index (χ0v) is 17.7. The molecule has 3 rings (SSSR count). The Hall–Kier alpha value is -2.47. The van der Waals surface area contributed by atoms with E-state index in [0.717, 1.165) is 47.1 Å². The molecule has 0 spiro atoms. The van der Waals surface area contributed by atoms with Gasteiger partial charge in [-0.1, -0.05) is 30.3 Å². The van der Waals surface area contributed by atoms with Crippen molar-refractivity contribution in [3.8, 4) is 22.8 Å². The van der Waals surface area contributed by atoms with E-state index < -0.39 is 6.10 Å². The monoisotopic (exact) mass is 416 g/mol. The number of benzene rings is 2. The van der Waals surface area contributed by atoms with Crippen LogP contribution in [0.1, 0.15) is 29.9 Å². The van der Waals surface area contributed by atoms with E-state index in [1.165, 1.54) is 5.56 Å². The largest absolute Gasteiger partial charge is 1.00 e. The predicted molar refractivity (Wildman–Crippen MR) is 110 cm³/mol. The number of aliphatic hydroxyl groups is 1. The highest BCUT2D eigenvalue weighted by molar-refractivity contribution is 5.58. The summed E-state index contributed by atoms with van der Waals surface area (Å²) in [6, 6.07) is 17.7. The predicted octanol–water partition coefficient (Wildman–Crippen LogP) is 1.35. The second kappa shape index (κ2) is 10.9. The first kappa shape index (κ1) is 22.8. The summed E-state index contributed by atoms with van der Waals surface area (Å²) < 4.78 is 16.5. The lowest BCUT2D eigenvalue weighted by molar-refractivity contribution is -0.00000873. The Morgan fingerprint density at radius 3 is 2.34 bits per heavy atom. The molecule has 0 fully saturated rings. The van der Waals surface area contributed by atoms with Crippen LogP contribution in [-0.2, 0) is 13.0 Å². The maximum Gasteiger partial charge on any atom is 0.160 e. The third kappa shape index (κ3) is 6.00. The molecule has 0 saturated carbocycles. The number of hydrogen-bond donors (Lipinski definition) is 2. The molecule has 6 heteroatoms. The molecule has 0 radical (unpaired) electrons. The van der Waals surface area contributed by atoms with Crippen molar-refractivity contribution in [1.82, 2.24) is 5.32 Å². The van der Waals surface area contributed by atoms with Gasteiger partial charge in [-0.3, -0.25) is 0 Å². The van der Waals surface area contributed by atoms with Crippen molar-refractivity contribution in [2.45, 2.75) is 26.0 Å². The van der Waals surface area contributed by atoms with Gasteiger partial charge in [0.15, 0.2) is 11.5 Å². The molecule has 1 heterocycles. The van der Waals surface area contributed by atoms with E-state index in [1.54, 1.807) is 21.1 Å². The lowest BCUT2D eigenvalue weighted by Gasteiger charge is -2.09. The number of ether oxygens (including phenoxy) is 2. The lowest BCUT2D eigenvalue weighted by Crippen LogP contribution is -3.00. The van der Waals surface area contributed by atoms with Gasteiger partial charge in [-0.15, -0.1) is 0 Å². The van der Waals surface area contributed by atoms with Gasteiger partial charge in [-0.2, -0.15) is 0 Å². The molecule has 29 heavy (non-hydrogen) atoms. The topological polar surface area (TPSA) is 63.9 Å². The van der Waals surface area contributed by atoms with Crippen LogP contribution >= 0.6 is 0 Å². The quantitative estimate of drug-likeness (QED) is 0.516. The van der Waals surface area contributed by atoms with Crippen LogP contribution in [0, 0.1) is 0 Å². The molecule has 0 amide bonds. The summed E-state index contributed by atoms with van der Waals surface area (Å²) in [4.78, 5) is 0. The van der Waals surface area contributed by atoms with Crippen molar-refractivity contribution >= 4 is 0 Å². The molecule has 0 aliphatic carbocycles. The zero-order chi connectivity index (χ0) is 19.9. The summed E-state index contributed by atoms with van der Waals surface area (Å²) in [5.74, 6) is 3.21. The molecule has 3 aromatic rings. The fourth-order valence-electron chi connectivity index (χ4n) is 3.03. The molecule has 1 unspecified atom stereocenters. The number of furan rings is 1. The number of methoxy groups -OCH3 is 2. The second-order valence-electron chi connectivity index (χ2n) is 6.68. The van der Waals surface area contributed by atoms with E-state index in [-0.39, 0.29) is 12.4 Å². The van der Waals surface area contributed by atoms with Crippen LogP contribution in [0.2, 0.25) is 0 Å². The Bertz CT molecular complexity index is 890. The first-order valence-electron chi connectivity index (χ1n) is 9.39. The minimum Gasteiger partial charge on any atom is -1.00 e. The molecular formula is C23H27ClNO4-. The lowest BCUT2D eigenvalue weighted by atomic mass is 10.1. The molecular weight excluding hydrogens is 390 g/mol. The van der Waals surface area contributed by atoms with E-state index in [9.17, 15) is 5.11 Å². The van der Waals surface area contributed by atoms with E-state index in [2.05, 4.69) is 5.32 Å². The van der Waals surface area contributed by atoms with Crippen LogP contribution in [0.3, 0.4) is 0 Å². The fraction of sp³-hybridized carbons (Fsp3) is 0.304. The van der Waals surface area contributed by atoms with Crippen LogP contribution in [0.4, 0.5) is 0 Å². The van der Waals surface area contributed by atoms with Crippen molar-refractivity contribution in [1.29, 1.82) is 0 Å². The molecule has 0 saturated heterocycles. The number of halogens is 1. The molecule has 1 aromatic heterocycles. The standard InChI is InChI=1S/C23H27NO4.ClH/c1-16(25)18-5-7-19(8-6-18)21-11-9-20(28-21)15-24-13-12-17-4-10-22(26-2)23(14-17)27-3;/h4-11,14,16,24-25H,12-13,15H2,1-3H3;1H/p-1. The molecule has 2 aromatic carbocycles. The van der Waals surface area contributed by atoms with Gasteiger partial charge in [0, 0.05) is 5.56 Å². The van der Waals surface area contributed by atoms with E-state index in [1.807, 2.05) is 54.6 Å². The Morgan fingerprint density at radius 2 is 1.69 bits per heavy atom. The Kier molecular flexibility index (Phi) is 8.58. The number of nitrogens with one attached hydrogen (secondary N) is 1. The van der Waals surface area contributed by atoms with Gasteiger partial charge in [-0.25, -0.2) is 0 Å². The average Bonchev–Trinajstić information content (AvgIpc) is 3.20. The van der Waals surface area contributed by atoms with Gasteiger partial charge in [0.05, 0.1) is 26.9 Å². The van der Waals surface area contributed by atoms with Crippen molar-refractivity contribution in [2.24, 2.45) is 0 Å². The van der Waals surface area contributed by atoms with Gasteiger partial charge in [-0.05, 0) is 55.3 Å². The smallest absolute Gasteiger partial charge is 0.160 e. The SMILES string of the molecule is COc1ccc(CCNCc2ccc(-c3ccc(C(C)O)cc3)o2)cc1OC.[Cl-]. The van der Waals surface area contributed by atoms with E-state index in [0.29, 0.717) is 6.54 Å². The van der Waals surface area contributed by atoms with Crippen LogP contribution in [0.25, 0.3) is 11.3 Å². The minimum atomic E-state index is -0.462. The Morgan fingerprint density at radius 1 is 0.966 bits per heavy atom. The highest BCUT2D eigenvalue weighted by Gasteiger charge is 2.07. The molecule has 156 valence electrons. The van der Waals surface area contributed by atoms with Gasteiger partial charge < -0.3 is 36.7 Å². The maximum absolute atomic E-state index is 9.60. The summed E-state index contributed by atoms with van der Waals surface area (Å²) >= 11 is 0. The van der Waals surface area contributed by atoms with E-state index in [4.69, 9.17) is 13.9 Å². The second-order valence-corrected chi connectivity index (χ2v) is 6.68. The van der Waals surface area contributed by atoms with Gasteiger partial charge in [0.1, 0.15) is 11.5 Å². The van der Waals surface area contributed by atoms with Gasteiger partial charge in [0.25, 0.3) is 0 Å². The van der Waals surface area contributed by atoms with E-state index >= 15 is 0 Å². The van der Waals surface area contributed by atoms with Crippen molar-refractivity contribution < 1.29 is 31.4 Å². The first-order valence-corrected chi connectivity index (χ1v) is 9.39. The summed E-state index contributed by atoms with van der Waals surface area (Å²) in [6.45, 7) is 3.25. The zero-order valence-electron chi connectivity index (χ0n) is 16.9. The first-order chi connectivity index (χ1) is 13.6. The summed E-state index contributed by atoms with van der Waals surface area (Å²) in [5.41, 5.74) is 3.08. The molecule has 0 aliphatic heterocycles. The fourth-order valence-corrected chi connectivity index (χ4v) is 3.03. The highest BCUT2D eigenvalue weighted by atomic mass is 35.5. The molecule has 1 atom stereocenters. The summed E-state index contributed by atoms with van der Waals surface area (Å²) in [6.07, 6.45) is 0.422. The third-order valence-electron chi connectivity index (χ3n) is 4.68. The molecule has 0 bridgehead atoms. The van der Waals surface area contributed by atoms with Crippen LogP contribution in [-0.4, -0.2) is 25.9 Å². The average molecular weight is 417 g/mol. The van der Waals surface area contributed by atoms with Crippen molar-refractivity contribution in [3.63, 3.8) is 0 Å². The van der Waals surface area contributed by atoms with Crippen LogP contribution in [0.15, 0.2) is 59.0 Å². The maximum atomic E-state index is 9.60. The van der Waals surface area contributed by atoms with Crippen molar-refractivity contribution in [2.75, 3.05) is 20.8 Å². The Labute approximate surface area is 178 Å². The van der Waals surface area contributed by atoms with Crippen molar-refractivity contribution in [3.05, 3.63) is 71.5 Å². The number of rotatable bonds is 9. The van der Waals surface area contributed by atoms with Gasteiger partial charge >= 0.3 is 0 Å². The normalized spacial score (nSPS) is 11.6. The highest BCUT2D eigenvalue weighted by Crippen LogP contribution is 2.27. The summed E-state index contributed by atoms with van der Waals surface area (Å²) in [7, 11) is 3.28. The van der Waals surface area contributed by atoms with Crippen LogP contribution in [0.5, 0.6) is 11.5 Å².